The normalized spacial score (nSPS) is 14.2. The number of nitrogens with one attached hydrogen (secondary N) is 2. The van der Waals surface area contributed by atoms with Gasteiger partial charge in [-0.1, -0.05) is 30.3 Å². The third-order valence-electron chi connectivity index (χ3n) is 2.43. The third-order valence-corrected chi connectivity index (χ3v) is 2.43. The maximum Gasteiger partial charge on any atom is 0.0470 e. The molecular weight excluding hydrogens is 196 g/mol. The van der Waals surface area contributed by atoms with Crippen molar-refractivity contribution in [3.05, 3.63) is 35.9 Å². The summed E-state index contributed by atoms with van der Waals surface area (Å²) in [5.74, 6) is 0. The number of benzene rings is 1. The average molecular weight is 215 g/mol. The molecule has 0 aliphatic carbocycles. The Kier molecular flexibility index (Phi) is 6.54. The third kappa shape index (κ3) is 3.29. The molecule has 2 N–H and O–H groups in total. The van der Waals surface area contributed by atoms with Crippen LogP contribution >= 0.6 is 12.4 Å². The molecule has 1 aromatic carbocycles. The first kappa shape index (κ1) is 13.4. The maximum absolute atomic E-state index is 3.31. The van der Waals surface area contributed by atoms with Crippen LogP contribution in [0.25, 0.3) is 0 Å². The van der Waals surface area contributed by atoms with Gasteiger partial charge in [0.1, 0.15) is 0 Å². The predicted molar refractivity (Wildman–Crippen MR) is 64.0 cm³/mol. The Morgan fingerprint density at radius 2 is 1.57 bits per heavy atom. The number of rotatable bonds is 4. The first-order valence-electron chi connectivity index (χ1n) is 4.69. The molecule has 0 spiro atoms. The molecule has 3 heteroatoms. The molecule has 0 aliphatic rings. The molecular formula is C11H19ClN2. The minimum atomic E-state index is 0. The van der Waals surface area contributed by atoms with E-state index >= 15 is 0 Å². The van der Waals surface area contributed by atoms with E-state index in [9.17, 15) is 0 Å². The summed E-state index contributed by atoms with van der Waals surface area (Å²) in [4.78, 5) is 0. The Morgan fingerprint density at radius 1 is 1.00 bits per heavy atom. The van der Waals surface area contributed by atoms with Gasteiger partial charge in [-0.15, -0.1) is 12.4 Å². The summed E-state index contributed by atoms with van der Waals surface area (Å²) in [6, 6.07) is 11.3. The molecule has 0 fully saturated rings. The average Bonchev–Trinajstić information content (AvgIpc) is 2.20. The fourth-order valence-electron chi connectivity index (χ4n) is 1.53. The molecule has 0 aromatic heterocycles. The van der Waals surface area contributed by atoms with E-state index in [1.807, 2.05) is 20.2 Å². The van der Waals surface area contributed by atoms with Crippen LogP contribution in [0.15, 0.2) is 30.3 Å². The van der Waals surface area contributed by atoms with Gasteiger partial charge < -0.3 is 10.6 Å². The molecule has 0 heterocycles. The van der Waals surface area contributed by atoms with Crippen molar-refractivity contribution in [3.63, 3.8) is 0 Å². The fourth-order valence-corrected chi connectivity index (χ4v) is 1.53. The highest BCUT2D eigenvalue weighted by atomic mass is 35.5. The highest BCUT2D eigenvalue weighted by Crippen LogP contribution is 2.15. The highest BCUT2D eigenvalue weighted by molar-refractivity contribution is 5.85. The molecule has 2 atom stereocenters. The SMILES string of the molecule is CN[C@@H](C)[C@@H](NC)c1ccccc1.Cl. The lowest BCUT2D eigenvalue weighted by Crippen LogP contribution is -2.36. The summed E-state index contributed by atoms with van der Waals surface area (Å²) in [6.07, 6.45) is 0. The molecule has 0 unspecified atom stereocenters. The summed E-state index contributed by atoms with van der Waals surface area (Å²) in [5, 5.41) is 6.56. The summed E-state index contributed by atoms with van der Waals surface area (Å²) < 4.78 is 0. The molecule has 0 bridgehead atoms. The Balaban J connectivity index is 0.00000169. The van der Waals surface area contributed by atoms with Crippen LogP contribution in [0.5, 0.6) is 0 Å². The van der Waals surface area contributed by atoms with Crippen molar-refractivity contribution in [1.82, 2.24) is 10.6 Å². The molecule has 0 saturated heterocycles. The number of hydrogen-bond donors (Lipinski definition) is 2. The second-order valence-corrected chi connectivity index (χ2v) is 3.25. The fraction of sp³-hybridized carbons (Fsp3) is 0.455. The zero-order chi connectivity index (χ0) is 9.68. The molecule has 80 valence electrons. The van der Waals surface area contributed by atoms with Crippen molar-refractivity contribution >= 4 is 12.4 Å². The van der Waals surface area contributed by atoms with Gasteiger partial charge in [0.15, 0.2) is 0 Å². The van der Waals surface area contributed by atoms with Gasteiger partial charge in [-0.25, -0.2) is 0 Å². The molecule has 0 radical (unpaired) electrons. The number of halogens is 1. The Hall–Kier alpha value is -0.570. The lowest BCUT2D eigenvalue weighted by molar-refractivity contribution is 0.446. The van der Waals surface area contributed by atoms with Gasteiger partial charge in [0.25, 0.3) is 0 Å². The van der Waals surface area contributed by atoms with Crippen LogP contribution in [0.3, 0.4) is 0 Å². The van der Waals surface area contributed by atoms with Gasteiger partial charge in [0.2, 0.25) is 0 Å². The van der Waals surface area contributed by atoms with Gasteiger partial charge in [-0.3, -0.25) is 0 Å². The van der Waals surface area contributed by atoms with E-state index in [-0.39, 0.29) is 12.4 Å². The summed E-state index contributed by atoms with van der Waals surface area (Å²) in [5.41, 5.74) is 1.33. The molecule has 0 amide bonds. The van der Waals surface area contributed by atoms with E-state index in [1.165, 1.54) is 5.56 Å². The second-order valence-electron chi connectivity index (χ2n) is 3.25. The Bertz CT molecular complexity index is 238. The largest absolute Gasteiger partial charge is 0.315 e. The molecule has 1 aromatic rings. The van der Waals surface area contributed by atoms with E-state index in [0.717, 1.165) is 0 Å². The molecule has 0 saturated carbocycles. The molecule has 2 nitrogen and oxygen atoms in total. The molecule has 0 aliphatic heterocycles. The van der Waals surface area contributed by atoms with Crippen molar-refractivity contribution in [1.29, 1.82) is 0 Å². The smallest absolute Gasteiger partial charge is 0.0470 e. The maximum atomic E-state index is 3.31. The minimum Gasteiger partial charge on any atom is -0.315 e. The van der Waals surface area contributed by atoms with E-state index in [4.69, 9.17) is 0 Å². The lowest BCUT2D eigenvalue weighted by atomic mass is 10.0. The first-order chi connectivity index (χ1) is 6.29. The summed E-state index contributed by atoms with van der Waals surface area (Å²) in [6.45, 7) is 2.17. The number of hydrogen-bond acceptors (Lipinski definition) is 2. The van der Waals surface area contributed by atoms with Crippen molar-refractivity contribution < 1.29 is 0 Å². The van der Waals surface area contributed by atoms with Crippen molar-refractivity contribution in [3.8, 4) is 0 Å². The zero-order valence-electron chi connectivity index (χ0n) is 8.95. The van der Waals surface area contributed by atoms with Crippen LogP contribution in [0.2, 0.25) is 0 Å². The van der Waals surface area contributed by atoms with Crippen molar-refractivity contribution in [2.75, 3.05) is 14.1 Å². The van der Waals surface area contributed by atoms with E-state index < -0.39 is 0 Å². The quantitative estimate of drug-likeness (QED) is 0.801. The Labute approximate surface area is 92.5 Å². The molecule has 14 heavy (non-hydrogen) atoms. The Morgan fingerprint density at radius 3 is 2.00 bits per heavy atom. The standard InChI is InChI=1S/C11H18N2.ClH/c1-9(12-2)11(13-3)10-7-5-4-6-8-10;/h4-9,11-13H,1-3H3;1H/t9-,11+;/m0./s1. The van der Waals surface area contributed by atoms with Gasteiger partial charge in [-0.2, -0.15) is 0 Å². The first-order valence-corrected chi connectivity index (χ1v) is 4.69. The van der Waals surface area contributed by atoms with E-state index in [0.29, 0.717) is 12.1 Å². The minimum absolute atomic E-state index is 0. The zero-order valence-corrected chi connectivity index (χ0v) is 9.77. The number of likely N-dealkylation sites (N-methyl/N-ethyl adjacent to an activating group) is 2. The summed E-state index contributed by atoms with van der Waals surface area (Å²) in [7, 11) is 3.98. The van der Waals surface area contributed by atoms with Gasteiger partial charge in [0, 0.05) is 12.1 Å². The summed E-state index contributed by atoms with van der Waals surface area (Å²) >= 11 is 0. The van der Waals surface area contributed by atoms with Gasteiger partial charge in [-0.05, 0) is 26.6 Å². The van der Waals surface area contributed by atoms with E-state index in [1.54, 1.807) is 0 Å². The topological polar surface area (TPSA) is 24.1 Å². The monoisotopic (exact) mass is 214 g/mol. The van der Waals surface area contributed by atoms with Crippen molar-refractivity contribution in [2.24, 2.45) is 0 Å². The van der Waals surface area contributed by atoms with Crippen LogP contribution in [0, 0.1) is 0 Å². The van der Waals surface area contributed by atoms with Crippen LogP contribution in [0.1, 0.15) is 18.5 Å². The van der Waals surface area contributed by atoms with Crippen molar-refractivity contribution in [2.45, 2.75) is 19.0 Å². The second kappa shape index (κ2) is 6.82. The highest BCUT2D eigenvalue weighted by Gasteiger charge is 2.14. The van der Waals surface area contributed by atoms with Crippen LogP contribution in [-0.2, 0) is 0 Å². The van der Waals surface area contributed by atoms with Crippen LogP contribution < -0.4 is 10.6 Å². The van der Waals surface area contributed by atoms with Crippen LogP contribution in [-0.4, -0.2) is 20.1 Å². The van der Waals surface area contributed by atoms with Gasteiger partial charge in [0.05, 0.1) is 0 Å². The van der Waals surface area contributed by atoms with Crippen LogP contribution in [0.4, 0.5) is 0 Å². The van der Waals surface area contributed by atoms with Gasteiger partial charge >= 0.3 is 0 Å². The molecule has 1 rings (SSSR count). The lowest BCUT2D eigenvalue weighted by Gasteiger charge is -2.23. The predicted octanol–water partition coefficient (Wildman–Crippen LogP) is 1.98. The van der Waals surface area contributed by atoms with E-state index in [2.05, 4.69) is 41.8 Å².